The Balaban J connectivity index is 2.08. The van der Waals surface area contributed by atoms with Crippen LogP contribution in [0.15, 0.2) is 35.4 Å². The summed E-state index contributed by atoms with van der Waals surface area (Å²) < 4.78 is 15.8. The highest BCUT2D eigenvalue weighted by molar-refractivity contribution is 6.39. The highest BCUT2D eigenvalue weighted by atomic mass is 16.5. The van der Waals surface area contributed by atoms with Gasteiger partial charge in [0.25, 0.3) is 0 Å². The monoisotopic (exact) mass is 385 g/mol. The summed E-state index contributed by atoms with van der Waals surface area (Å²) in [6, 6.07) is 8.90. The largest absolute Gasteiger partial charge is 0.493 e. The summed E-state index contributed by atoms with van der Waals surface area (Å²) in [7, 11) is 4.50. The van der Waals surface area contributed by atoms with E-state index < -0.39 is 11.8 Å². The molecule has 2 aromatic rings. The summed E-state index contributed by atoms with van der Waals surface area (Å²) in [6.45, 7) is 3.70. The zero-order chi connectivity index (χ0) is 20.7. The van der Waals surface area contributed by atoms with E-state index in [4.69, 9.17) is 14.2 Å². The van der Waals surface area contributed by atoms with E-state index in [0.29, 0.717) is 28.5 Å². The first-order chi connectivity index (χ1) is 13.4. The predicted octanol–water partition coefficient (Wildman–Crippen LogP) is 2.42. The SMILES string of the molecule is COc1cc(/C=N\NC(=O)C(=O)Nc2c(C)cccc2C)cc(OC)c1OC. The normalized spacial score (nSPS) is 10.5. The van der Waals surface area contributed by atoms with Crippen LogP contribution in [0.25, 0.3) is 0 Å². The molecular weight excluding hydrogens is 362 g/mol. The lowest BCUT2D eigenvalue weighted by Crippen LogP contribution is -2.32. The average molecular weight is 385 g/mol. The number of amides is 2. The van der Waals surface area contributed by atoms with Crippen LogP contribution >= 0.6 is 0 Å². The smallest absolute Gasteiger partial charge is 0.329 e. The molecular formula is C20H23N3O5. The number of aryl methyl sites for hydroxylation is 2. The predicted molar refractivity (Wildman–Crippen MR) is 106 cm³/mol. The van der Waals surface area contributed by atoms with E-state index in [1.165, 1.54) is 27.5 Å². The van der Waals surface area contributed by atoms with E-state index in [0.717, 1.165) is 11.1 Å². The number of ether oxygens (including phenoxy) is 3. The Kier molecular flexibility index (Phi) is 6.97. The molecule has 0 aliphatic carbocycles. The Bertz CT molecular complexity index is 863. The molecule has 8 nitrogen and oxygen atoms in total. The van der Waals surface area contributed by atoms with Gasteiger partial charge in [-0.25, -0.2) is 5.43 Å². The Hall–Kier alpha value is -3.55. The number of methoxy groups -OCH3 is 3. The third-order valence-electron chi connectivity index (χ3n) is 3.99. The lowest BCUT2D eigenvalue weighted by atomic mass is 10.1. The number of nitrogens with zero attached hydrogens (tertiary/aromatic N) is 1. The number of anilines is 1. The van der Waals surface area contributed by atoms with Crippen LogP contribution in [0.4, 0.5) is 5.69 Å². The number of para-hydroxylation sites is 1. The topological polar surface area (TPSA) is 98.2 Å². The van der Waals surface area contributed by atoms with Crippen molar-refractivity contribution >= 4 is 23.7 Å². The van der Waals surface area contributed by atoms with Crippen LogP contribution < -0.4 is 25.0 Å². The number of hydrogen-bond acceptors (Lipinski definition) is 6. The van der Waals surface area contributed by atoms with Gasteiger partial charge in [0.2, 0.25) is 5.75 Å². The Morgan fingerprint density at radius 3 is 2.00 bits per heavy atom. The summed E-state index contributed by atoms with van der Waals surface area (Å²) in [6.07, 6.45) is 1.37. The van der Waals surface area contributed by atoms with Gasteiger partial charge in [-0.15, -0.1) is 0 Å². The molecule has 0 atom stereocenters. The van der Waals surface area contributed by atoms with Gasteiger partial charge in [0.1, 0.15) is 0 Å². The van der Waals surface area contributed by atoms with Gasteiger partial charge in [0, 0.05) is 11.3 Å². The fourth-order valence-electron chi connectivity index (χ4n) is 2.57. The van der Waals surface area contributed by atoms with Crippen LogP contribution in [0.1, 0.15) is 16.7 Å². The standard InChI is InChI=1S/C20H23N3O5/c1-12-7-6-8-13(2)17(12)22-19(24)20(25)23-21-11-14-9-15(26-3)18(28-5)16(10-14)27-4/h6-11H,1-5H3,(H,22,24)(H,23,25)/b21-11-. The summed E-state index contributed by atoms with van der Waals surface area (Å²) in [5.41, 5.74) is 5.12. The molecule has 0 bridgehead atoms. The minimum absolute atomic E-state index is 0.444. The maximum atomic E-state index is 12.1. The first-order valence-corrected chi connectivity index (χ1v) is 8.41. The maximum absolute atomic E-state index is 12.1. The minimum atomic E-state index is -0.883. The molecule has 148 valence electrons. The lowest BCUT2D eigenvalue weighted by molar-refractivity contribution is -0.136. The third-order valence-corrected chi connectivity index (χ3v) is 3.99. The molecule has 0 spiro atoms. The zero-order valence-corrected chi connectivity index (χ0v) is 16.5. The summed E-state index contributed by atoms with van der Waals surface area (Å²) in [4.78, 5) is 24.1. The van der Waals surface area contributed by atoms with Gasteiger partial charge in [0.15, 0.2) is 11.5 Å². The van der Waals surface area contributed by atoms with Crippen LogP contribution in [-0.4, -0.2) is 39.4 Å². The number of hydrogen-bond donors (Lipinski definition) is 2. The van der Waals surface area contributed by atoms with Gasteiger partial charge in [-0.3, -0.25) is 9.59 Å². The van der Waals surface area contributed by atoms with Crippen LogP contribution in [0.2, 0.25) is 0 Å². The molecule has 0 aromatic heterocycles. The van der Waals surface area contributed by atoms with E-state index in [1.54, 1.807) is 12.1 Å². The van der Waals surface area contributed by atoms with E-state index in [2.05, 4.69) is 15.8 Å². The molecule has 0 heterocycles. The fraction of sp³-hybridized carbons (Fsp3) is 0.250. The summed E-state index contributed by atoms with van der Waals surface area (Å²) in [5.74, 6) is -0.352. The first-order valence-electron chi connectivity index (χ1n) is 8.41. The average Bonchev–Trinajstić information content (AvgIpc) is 2.69. The van der Waals surface area contributed by atoms with E-state index >= 15 is 0 Å². The first kappa shape index (κ1) is 20.8. The molecule has 0 saturated carbocycles. The van der Waals surface area contributed by atoms with Gasteiger partial charge < -0.3 is 19.5 Å². The van der Waals surface area contributed by atoms with Crippen molar-refractivity contribution in [2.75, 3.05) is 26.6 Å². The molecule has 8 heteroatoms. The van der Waals surface area contributed by atoms with Crippen molar-refractivity contribution in [3.63, 3.8) is 0 Å². The molecule has 2 aromatic carbocycles. The number of nitrogens with one attached hydrogen (secondary N) is 2. The molecule has 2 N–H and O–H groups in total. The molecule has 0 aliphatic heterocycles. The Morgan fingerprint density at radius 2 is 1.50 bits per heavy atom. The Labute approximate surface area is 163 Å². The number of rotatable bonds is 6. The molecule has 28 heavy (non-hydrogen) atoms. The second-order valence-electron chi connectivity index (χ2n) is 5.88. The van der Waals surface area contributed by atoms with Crippen molar-refractivity contribution in [2.45, 2.75) is 13.8 Å². The molecule has 0 aliphatic rings. The molecule has 0 fully saturated rings. The highest BCUT2D eigenvalue weighted by Gasteiger charge is 2.15. The van der Waals surface area contributed by atoms with E-state index in [9.17, 15) is 9.59 Å². The van der Waals surface area contributed by atoms with Crippen LogP contribution in [0.5, 0.6) is 17.2 Å². The van der Waals surface area contributed by atoms with Gasteiger partial charge >= 0.3 is 11.8 Å². The van der Waals surface area contributed by atoms with Crippen molar-refractivity contribution in [2.24, 2.45) is 5.10 Å². The quantitative estimate of drug-likeness (QED) is 0.452. The number of carbonyl (C=O) groups excluding carboxylic acids is 2. The molecule has 2 amide bonds. The van der Waals surface area contributed by atoms with Crippen molar-refractivity contribution < 1.29 is 23.8 Å². The van der Waals surface area contributed by atoms with E-state index in [1.807, 2.05) is 32.0 Å². The second-order valence-corrected chi connectivity index (χ2v) is 5.88. The highest BCUT2D eigenvalue weighted by Crippen LogP contribution is 2.37. The minimum Gasteiger partial charge on any atom is -0.493 e. The van der Waals surface area contributed by atoms with Crippen molar-refractivity contribution in [1.29, 1.82) is 0 Å². The molecule has 0 unspecified atom stereocenters. The summed E-state index contributed by atoms with van der Waals surface area (Å²) >= 11 is 0. The van der Waals surface area contributed by atoms with Crippen molar-refractivity contribution in [3.05, 3.63) is 47.0 Å². The Morgan fingerprint density at radius 1 is 0.929 bits per heavy atom. The fourth-order valence-corrected chi connectivity index (χ4v) is 2.57. The molecule has 2 rings (SSSR count). The van der Waals surface area contributed by atoms with Crippen molar-refractivity contribution in [3.8, 4) is 17.2 Å². The molecule has 0 saturated heterocycles. The van der Waals surface area contributed by atoms with Crippen molar-refractivity contribution in [1.82, 2.24) is 5.43 Å². The van der Waals surface area contributed by atoms with E-state index in [-0.39, 0.29) is 0 Å². The van der Waals surface area contributed by atoms with Gasteiger partial charge in [-0.05, 0) is 37.1 Å². The third kappa shape index (κ3) is 4.79. The number of benzene rings is 2. The summed E-state index contributed by atoms with van der Waals surface area (Å²) in [5, 5.41) is 6.42. The number of hydrazone groups is 1. The van der Waals surface area contributed by atoms with Gasteiger partial charge in [0.05, 0.1) is 27.5 Å². The zero-order valence-electron chi connectivity index (χ0n) is 16.5. The number of carbonyl (C=O) groups is 2. The van der Waals surface area contributed by atoms with Gasteiger partial charge in [-0.2, -0.15) is 5.10 Å². The van der Waals surface area contributed by atoms with Crippen LogP contribution in [-0.2, 0) is 9.59 Å². The lowest BCUT2D eigenvalue weighted by Gasteiger charge is -2.12. The maximum Gasteiger partial charge on any atom is 0.329 e. The van der Waals surface area contributed by atoms with Crippen LogP contribution in [0, 0.1) is 13.8 Å². The second kappa shape index (κ2) is 9.40. The molecule has 0 radical (unpaired) electrons. The van der Waals surface area contributed by atoms with Crippen LogP contribution in [0.3, 0.4) is 0 Å². The van der Waals surface area contributed by atoms with Gasteiger partial charge in [-0.1, -0.05) is 18.2 Å².